The molecule has 0 amide bonds. The largest absolute Gasteiger partial charge is 0.355 e. The van der Waals surface area contributed by atoms with Crippen LogP contribution in [0.3, 0.4) is 0 Å². The van der Waals surface area contributed by atoms with Gasteiger partial charge in [-0.25, -0.2) is 9.97 Å². The predicted molar refractivity (Wildman–Crippen MR) is 174 cm³/mol. The van der Waals surface area contributed by atoms with Crippen molar-refractivity contribution >= 4 is 46.4 Å². The molecule has 2 aliphatic heterocycles. The fourth-order valence-electron chi connectivity index (χ4n) is 7.03. The highest BCUT2D eigenvalue weighted by atomic mass is 15.0. The standard InChI is InChI=1S/C36H46N4/c1-9-22-21-33-26(13-5)31-18-17-29(37-31)25(12-4)30-19-20-32(38-30)27(14-6)35-23(10-2)24(11-3)36(40(35)16-8)28(15-7)34(22)39-33/h17-21,39H,9-16H2,1-8H3. The summed E-state index contributed by atoms with van der Waals surface area (Å²) in [5.74, 6) is 0. The highest BCUT2D eigenvalue weighted by molar-refractivity contribution is 5.88. The van der Waals surface area contributed by atoms with Crippen LogP contribution in [-0.2, 0) is 51.5 Å². The maximum Gasteiger partial charge on any atom is 0.0691 e. The Hall–Kier alpha value is -3.40. The zero-order valence-corrected chi connectivity index (χ0v) is 25.9. The van der Waals surface area contributed by atoms with E-state index < -0.39 is 0 Å². The Labute approximate surface area is 240 Å². The lowest BCUT2D eigenvalue weighted by Crippen LogP contribution is -2.01. The molecule has 0 aliphatic carbocycles. The number of aromatic nitrogens is 4. The zero-order valence-electron chi connectivity index (χ0n) is 25.9. The summed E-state index contributed by atoms with van der Waals surface area (Å²) in [6.45, 7) is 19.2. The number of H-pyrrole nitrogens is 1. The molecule has 210 valence electrons. The van der Waals surface area contributed by atoms with Crippen molar-refractivity contribution in [3.05, 3.63) is 67.8 Å². The zero-order chi connectivity index (χ0) is 28.6. The summed E-state index contributed by atoms with van der Waals surface area (Å²) in [6.07, 6.45) is 15.6. The first-order valence-corrected chi connectivity index (χ1v) is 15.7. The van der Waals surface area contributed by atoms with Gasteiger partial charge in [-0.05, 0) is 104 Å². The smallest absolute Gasteiger partial charge is 0.0691 e. The summed E-state index contributed by atoms with van der Waals surface area (Å²) in [5, 5.41) is 0. The number of nitrogens with zero attached hydrogens (tertiary/aromatic N) is 3. The molecule has 5 heterocycles. The molecular weight excluding hydrogens is 488 g/mol. The molecule has 0 saturated carbocycles. The summed E-state index contributed by atoms with van der Waals surface area (Å²) in [5.41, 5.74) is 19.2. The van der Waals surface area contributed by atoms with Gasteiger partial charge in [0.25, 0.3) is 0 Å². The molecule has 0 radical (unpaired) electrons. The van der Waals surface area contributed by atoms with Crippen molar-refractivity contribution in [2.75, 3.05) is 0 Å². The minimum absolute atomic E-state index is 0.896. The van der Waals surface area contributed by atoms with E-state index in [2.05, 4.69) is 95.3 Å². The van der Waals surface area contributed by atoms with Crippen LogP contribution >= 0.6 is 0 Å². The molecule has 40 heavy (non-hydrogen) atoms. The van der Waals surface area contributed by atoms with Crippen LogP contribution in [0.4, 0.5) is 0 Å². The lowest BCUT2D eigenvalue weighted by atomic mass is 9.99. The van der Waals surface area contributed by atoms with E-state index in [1.807, 2.05) is 0 Å². The monoisotopic (exact) mass is 534 g/mol. The Bertz CT molecular complexity index is 1670. The fraction of sp³-hybridized carbons (Fsp3) is 0.444. The lowest BCUT2D eigenvalue weighted by molar-refractivity contribution is 0.811. The first-order valence-electron chi connectivity index (χ1n) is 15.7. The Balaban J connectivity index is 2.16. The van der Waals surface area contributed by atoms with E-state index in [0.29, 0.717) is 0 Å². The van der Waals surface area contributed by atoms with Gasteiger partial charge >= 0.3 is 0 Å². The van der Waals surface area contributed by atoms with Crippen LogP contribution in [0.2, 0.25) is 0 Å². The molecule has 5 rings (SSSR count). The van der Waals surface area contributed by atoms with Gasteiger partial charge in [-0.3, -0.25) is 0 Å². The number of fused-ring (bicyclic) bond motifs is 8. The molecular formula is C36H46N4. The van der Waals surface area contributed by atoms with Crippen molar-refractivity contribution < 1.29 is 0 Å². The predicted octanol–water partition coefficient (Wildman–Crippen LogP) is 9.09. The summed E-state index contributed by atoms with van der Waals surface area (Å²) < 4.78 is 2.62. The Morgan fingerprint density at radius 3 is 1.43 bits per heavy atom. The first kappa shape index (κ1) is 28.1. The minimum atomic E-state index is 0.896. The highest BCUT2D eigenvalue weighted by Gasteiger charge is 2.22. The first-order chi connectivity index (χ1) is 19.5. The molecule has 0 spiro atoms. The SMILES string of the molecule is CCc1c2nc(c(CC)c3cc(CC)c([nH]3)c(CC)c3c(CC)c(CC)c(c(CC)c4nc1C=C4)n3CC)C=C2. The van der Waals surface area contributed by atoms with Crippen LogP contribution in [0.15, 0.2) is 6.07 Å². The van der Waals surface area contributed by atoms with Crippen LogP contribution in [-0.4, -0.2) is 19.5 Å². The van der Waals surface area contributed by atoms with E-state index in [0.717, 1.165) is 74.3 Å². The molecule has 0 saturated heterocycles. The van der Waals surface area contributed by atoms with E-state index in [-0.39, 0.29) is 0 Å². The number of hydrogen-bond acceptors (Lipinski definition) is 2. The molecule has 1 N–H and O–H groups in total. The Morgan fingerprint density at radius 1 is 0.525 bits per heavy atom. The normalized spacial score (nSPS) is 12.6. The van der Waals surface area contributed by atoms with E-state index in [1.165, 1.54) is 61.0 Å². The second-order valence-electron chi connectivity index (χ2n) is 10.8. The molecule has 8 bridgehead atoms. The van der Waals surface area contributed by atoms with E-state index in [1.54, 1.807) is 0 Å². The second-order valence-corrected chi connectivity index (χ2v) is 10.8. The molecule has 0 fully saturated rings. The highest BCUT2D eigenvalue weighted by Crippen LogP contribution is 2.36. The molecule has 2 aliphatic rings. The molecule has 4 nitrogen and oxygen atoms in total. The van der Waals surface area contributed by atoms with Gasteiger partial charge in [0.05, 0.1) is 28.3 Å². The van der Waals surface area contributed by atoms with Crippen LogP contribution < -0.4 is 0 Å². The summed E-state index contributed by atoms with van der Waals surface area (Å²) >= 11 is 0. The van der Waals surface area contributed by atoms with E-state index >= 15 is 0 Å². The Morgan fingerprint density at radius 2 is 0.975 bits per heavy atom. The summed E-state index contributed by atoms with van der Waals surface area (Å²) in [4.78, 5) is 14.4. The fourth-order valence-corrected chi connectivity index (χ4v) is 7.03. The van der Waals surface area contributed by atoms with Crippen molar-refractivity contribution in [3.63, 3.8) is 0 Å². The van der Waals surface area contributed by atoms with Gasteiger partial charge < -0.3 is 9.55 Å². The summed E-state index contributed by atoms with van der Waals surface area (Å²) in [7, 11) is 0. The number of hydrogen-bond donors (Lipinski definition) is 1. The minimum Gasteiger partial charge on any atom is -0.355 e. The maximum atomic E-state index is 5.29. The number of aryl methyl sites for hydroxylation is 7. The third kappa shape index (κ3) is 4.36. The number of nitrogens with one attached hydrogen (secondary N) is 1. The lowest BCUT2D eigenvalue weighted by Gasteiger charge is -2.11. The topological polar surface area (TPSA) is 46.5 Å². The quantitative estimate of drug-likeness (QED) is 0.216. The second kappa shape index (κ2) is 11.6. The number of rotatable bonds is 8. The van der Waals surface area contributed by atoms with Crippen LogP contribution in [0.5, 0.6) is 0 Å². The van der Waals surface area contributed by atoms with Gasteiger partial charge in [-0.15, -0.1) is 0 Å². The molecule has 3 aromatic heterocycles. The van der Waals surface area contributed by atoms with Crippen molar-refractivity contribution in [1.82, 2.24) is 19.5 Å². The van der Waals surface area contributed by atoms with Crippen molar-refractivity contribution in [3.8, 4) is 0 Å². The van der Waals surface area contributed by atoms with Gasteiger partial charge in [-0.1, -0.05) is 48.5 Å². The maximum absolute atomic E-state index is 5.29. The van der Waals surface area contributed by atoms with Gasteiger partial charge in [0.15, 0.2) is 0 Å². The van der Waals surface area contributed by atoms with Crippen molar-refractivity contribution in [2.45, 2.75) is 107 Å². The average molecular weight is 535 g/mol. The summed E-state index contributed by atoms with van der Waals surface area (Å²) in [6, 6.07) is 2.39. The van der Waals surface area contributed by atoms with Gasteiger partial charge in [-0.2, -0.15) is 0 Å². The molecule has 0 unspecified atom stereocenters. The van der Waals surface area contributed by atoms with Crippen LogP contribution in [0.1, 0.15) is 117 Å². The molecule has 0 atom stereocenters. The molecule has 4 heteroatoms. The van der Waals surface area contributed by atoms with E-state index in [4.69, 9.17) is 9.97 Å². The van der Waals surface area contributed by atoms with Gasteiger partial charge in [0, 0.05) is 39.8 Å². The molecule has 3 aromatic rings. The van der Waals surface area contributed by atoms with Crippen molar-refractivity contribution in [2.24, 2.45) is 0 Å². The number of aromatic amines is 1. The third-order valence-electron chi connectivity index (χ3n) is 8.91. The van der Waals surface area contributed by atoms with Crippen LogP contribution in [0, 0.1) is 0 Å². The van der Waals surface area contributed by atoms with Crippen molar-refractivity contribution in [1.29, 1.82) is 0 Å². The van der Waals surface area contributed by atoms with Gasteiger partial charge in [0.1, 0.15) is 0 Å². The van der Waals surface area contributed by atoms with Crippen LogP contribution in [0.25, 0.3) is 46.4 Å². The molecule has 0 aromatic carbocycles. The average Bonchev–Trinajstić information content (AvgIpc) is 3.77. The van der Waals surface area contributed by atoms with E-state index in [9.17, 15) is 0 Å². The Kier molecular flexibility index (Phi) is 8.16. The van der Waals surface area contributed by atoms with Gasteiger partial charge in [0.2, 0.25) is 0 Å². The third-order valence-corrected chi connectivity index (χ3v) is 8.91.